The number of halogens is 1. The maximum absolute atomic E-state index is 11.8. The largest absolute Gasteiger partial charge is 0.341 e. The standard InChI is InChI=1S/C16H18ClNO/c1-11-9-15(16(19)10-17)13(3)18(11)12(2)14-7-5-4-6-8-14/h4-9,12H,10H2,1-3H3/t12-/m0/s1. The number of aryl methyl sites for hydroxylation is 1. The molecule has 0 aliphatic carbocycles. The number of carbonyl (C=O) groups is 1. The van der Waals surface area contributed by atoms with E-state index >= 15 is 0 Å². The van der Waals surface area contributed by atoms with Crippen LogP contribution in [0.3, 0.4) is 0 Å². The molecule has 2 rings (SSSR count). The molecule has 0 bridgehead atoms. The number of alkyl halides is 1. The van der Waals surface area contributed by atoms with Gasteiger partial charge in [0.1, 0.15) is 0 Å². The van der Waals surface area contributed by atoms with Crippen LogP contribution in [-0.2, 0) is 0 Å². The highest BCUT2D eigenvalue weighted by molar-refractivity contribution is 6.30. The Hall–Kier alpha value is -1.54. The smallest absolute Gasteiger partial charge is 0.179 e. The molecular weight excluding hydrogens is 258 g/mol. The highest BCUT2D eigenvalue weighted by Crippen LogP contribution is 2.25. The SMILES string of the molecule is Cc1cc(C(=O)CCl)c(C)n1[C@@H](C)c1ccccc1. The van der Waals surface area contributed by atoms with Crippen molar-refractivity contribution in [3.05, 3.63) is 58.9 Å². The van der Waals surface area contributed by atoms with Gasteiger partial charge in [-0.25, -0.2) is 0 Å². The van der Waals surface area contributed by atoms with Gasteiger partial charge >= 0.3 is 0 Å². The monoisotopic (exact) mass is 275 g/mol. The molecule has 0 radical (unpaired) electrons. The fourth-order valence-electron chi connectivity index (χ4n) is 2.61. The molecule has 3 heteroatoms. The van der Waals surface area contributed by atoms with Crippen molar-refractivity contribution in [2.75, 3.05) is 5.88 Å². The van der Waals surface area contributed by atoms with Crippen molar-refractivity contribution in [3.8, 4) is 0 Å². The van der Waals surface area contributed by atoms with Gasteiger partial charge < -0.3 is 4.57 Å². The number of aromatic nitrogens is 1. The molecule has 2 nitrogen and oxygen atoms in total. The minimum atomic E-state index is -0.0127. The second-order valence-electron chi connectivity index (χ2n) is 4.80. The minimum absolute atomic E-state index is 0.0127. The van der Waals surface area contributed by atoms with Gasteiger partial charge in [-0.1, -0.05) is 30.3 Å². The third-order valence-corrected chi connectivity index (χ3v) is 3.82. The van der Waals surface area contributed by atoms with E-state index in [0.29, 0.717) is 0 Å². The van der Waals surface area contributed by atoms with E-state index in [-0.39, 0.29) is 17.7 Å². The Bertz CT molecular complexity index is 586. The third kappa shape index (κ3) is 2.59. The molecule has 0 saturated heterocycles. The van der Waals surface area contributed by atoms with E-state index in [1.807, 2.05) is 38.1 Å². The molecule has 1 atom stereocenters. The molecule has 0 spiro atoms. The quantitative estimate of drug-likeness (QED) is 0.607. The van der Waals surface area contributed by atoms with Crippen molar-refractivity contribution in [1.29, 1.82) is 0 Å². The van der Waals surface area contributed by atoms with Gasteiger partial charge in [-0.15, -0.1) is 11.6 Å². The summed E-state index contributed by atoms with van der Waals surface area (Å²) in [5.41, 5.74) is 4.03. The average molecular weight is 276 g/mol. The number of ketones is 1. The van der Waals surface area contributed by atoms with E-state index in [1.54, 1.807) is 0 Å². The first-order valence-electron chi connectivity index (χ1n) is 6.38. The maximum atomic E-state index is 11.8. The van der Waals surface area contributed by atoms with Crippen LogP contribution in [0, 0.1) is 13.8 Å². The number of hydrogen-bond acceptors (Lipinski definition) is 1. The fraction of sp³-hybridized carbons (Fsp3) is 0.312. The summed E-state index contributed by atoms with van der Waals surface area (Å²) in [5.74, 6) is 0.0191. The van der Waals surface area contributed by atoms with Gasteiger partial charge in [-0.2, -0.15) is 0 Å². The second-order valence-corrected chi connectivity index (χ2v) is 5.07. The van der Waals surface area contributed by atoms with E-state index in [1.165, 1.54) is 5.56 Å². The number of carbonyl (C=O) groups excluding carboxylic acids is 1. The zero-order valence-electron chi connectivity index (χ0n) is 11.5. The lowest BCUT2D eigenvalue weighted by atomic mass is 10.1. The summed E-state index contributed by atoms with van der Waals surface area (Å²) < 4.78 is 2.19. The molecule has 1 aromatic carbocycles. The summed E-state index contributed by atoms with van der Waals surface area (Å²) in [6.45, 7) is 6.15. The summed E-state index contributed by atoms with van der Waals surface area (Å²) in [6.07, 6.45) is 0. The van der Waals surface area contributed by atoms with Crippen LogP contribution in [0.2, 0.25) is 0 Å². The Kier molecular flexibility index (Phi) is 4.11. The van der Waals surface area contributed by atoms with Crippen LogP contribution in [0.5, 0.6) is 0 Å². The summed E-state index contributed by atoms with van der Waals surface area (Å²) in [7, 11) is 0. The Labute approximate surface area is 119 Å². The van der Waals surface area contributed by atoms with Gasteiger partial charge in [-0.3, -0.25) is 4.79 Å². The van der Waals surface area contributed by atoms with Crippen molar-refractivity contribution >= 4 is 17.4 Å². The first kappa shape index (κ1) is 13.9. The molecule has 0 fully saturated rings. The Balaban J connectivity index is 2.46. The summed E-state index contributed by atoms with van der Waals surface area (Å²) in [4.78, 5) is 11.8. The van der Waals surface area contributed by atoms with Crippen molar-refractivity contribution in [2.45, 2.75) is 26.8 Å². The second kappa shape index (κ2) is 5.62. The van der Waals surface area contributed by atoms with Gasteiger partial charge in [0.2, 0.25) is 0 Å². The number of nitrogens with zero attached hydrogens (tertiary/aromatic N) is 1. The molecule has 0 saturated carbocycles. The fourth-order valence-corrected chi connectivity index (χ4v) is 2.75. The van der Waals surface area contributed by atoms with Crippen LogP contribution >= 0.6 is 11.6 Å². The Morgan fingerprint density at radius 2 is 1.89 bits per heavy atom. The lowest BCUT2D eigenvalue weighted by Gasteiger charge is -2.19. The Morgan fingerprint density at radius 1 is 1.26 bits per heavy atom. The molecule has 0 amide bonds. The van der Waals surface area contributed by atoms with E-state index in [9.17, 15) is 4.79 Å². The van der Waals surface area contributed by atoms with E-state index in [4.69, 9.17) is 11.6 Å². The van der Waals surface area contributed by atoms with Crippen LogP contribution in [0.15, 0.2) is 36.4 Å². The number of rotatable bonds is 4. The molecule has 0 unspecified atom stereocenters. The van der Waals surface area contributed by atoms with Crippen LogP contribution in [-0.4, -0.2) is 16.2 Å². The van der Waals surface area contributed by atoms with Gasteiger partial charge in [0, 0.05) is 17.0 Å². The molecular formula is C16H18ClNO. The lowest BCUT2D eigenvalue weighted by molar-refractivity contribution is 0.102. The van der Waals surface area contributed by atoms with Crippen molar-refractivity contribution in [3.63, 3.8) is 0 Å². The van der Waals surface area contributed by atoms with Gasteiger partial charge in [0.25, 0.3) is 0 Å². The van der Waals surface area contributed by atoms with E-state index in [0.717, 1.165) is 17.0 Å². The maximum Gasteiger partial charge on any atom is 0.179 e. The topological polar surface area (TPSA) is 22.0 Å². The van der Waals surface area contributed by atoms with Gasteiger partial charge in [0.15, 0.2) is 5.78 Å². The molecule has 0 N–H and O–H groups in total. The van der Waals surface area contributed by atoms with E-state index in [2.05, 4.69) is 23.6 Å². The predicted molar refractivity (Wildman–Crippen MR) is 79.2 cm³/mol. The Morgan fingerprint density at radius 3 is 2.47 bits per heavy atom. The highest BCUT2D eigenvalue weighted by atomic mass is 35.5. The van der Waals surface area contributed by atoms with Gasteiger partial charge in [-0.05, 0) is 32.4 Å². The van der Waals surface area contributed by atoms with Crippen molar-refractivity contribution < 1.29 is 4.79 Å². The molecule has 19 heavy (non-hydrogen) atoms. The summed E-state index contributed by atoms with van der Waals surface area (Å²) >= 11 is 5.66. The molecule has 1 heterocycles. The van der Waals surface area contributed by atoms with Crippen molar-refractivity contribution in [1.82, 2.24) is 4.57 Å². The van der Waals surface area contributed by atoms with Crippen molar-refractivity contribution in [2.24, 2.45) is 0 Å². The normalized spacial score (nSPS) is 12.4. The molecule has 0 aliphatic heterocycles. The zero-order valence-corrected chi connectivity index (χ0v) is 12.2. The minimum Gasteiger partial charge on any atom is -0.341 e. The van der Waals surface area contributed by atoms with Crippen LogP contribution < -0.4 is 0 Å². The first-order chi connectivity index (χ1) is 9.06. The summed E-state index contributed by atoms with van der Waals surface area (Å²) in [5, 5.41) is 0. The number of hydrogen-bond donors (Lipinski definition) is 0. The zero-order chi connectivity index (χ0) is 14.0. The highest BCUT2D eigenvalue weighted by Gasteiger charge is 2.18. The molecule has 2 aromatic rings. The van der Waals surface area contributed by atoms with Crippen LogP contribution in [0.4, 0.5) is 0 Å². The molecule has 100 valence electrons. The van der Waals surface area contributed by atoms with Crippen LogP contribution in [0.1, 0.15) is 40.3 Å². The predicted octanol–water partition coefficient (Wildman–Crippen LogP) is 4.14. The van der Waals surface area contributed by atoms with E-state index < -0.39 is 0 Å². The van der Waals surface area contributed by atoms with Gasteiger partial charge in [0.05, 0.1) is 11.9 Å². The lowest BCUT2D eigenvalue weighted by Crippen LogP contribution is -2.11. The average Bonchev–Trinajstić information content (AvgIpc) is 2.73. The first-order valence-corrected chi connectivity index (χ1v) is 6.92. The molecule has 0 aliphatic rings. The van der Waals surface area contributed by atoms with Crippen LogP contribution in [0.25, 0.3) is 0 Å². The third-order valence-electron chi connectivity index (χ3n) is 3.58. The number of benzene rings is 1. The summed E-state index contributed by atoms with van der Waals surface area (Å²) in [6, 6.07) is 12.4. The molecule has 1 aromatic heterocycles. The number of Topliss-reactive ketones (excluding diaryl/α,β-unsaturated/α-hetero) is 1.